The zero-order valence-electron chi connectivity index (χ0n) is 22.8. The number of nitrogens with one attached hydrogen (secondary N) is 1. The van der Waals surface area contributed by atoms with Crippen LogP contribution in [0.4, 0.5) is 45.2 Å². The second kappa shape index (κ2) is 11.0. The average molecular weight is 645 g/mol. The standard InChI is InChI=1S/C28H20F9N5O3/c1-26-5-2-6-42(26)41(11-16-17(30)8-14(29)9-18(16)31)25(45)22(23(26)43)24(44)40-19-4-3-13(27(32,33)34)7-15(19)20-10-21(28(35,36)37)39-12-38-20/h3-4,7-10,12,43H,2,5-6,11H2,1H3,(H,40,44)/t26-/m1/s1. The highest BCUT2D eigenvalue weighted by molar-refractivity contribution is 6.24. The number of fused-ring (bicyclic) bond motifs is 1. The third-order valence-corrected chi connectivity index (χ3v) is 7.56. The fraction of sp³-hybridized carbons (Fsp3) is 0.286. The molecule has 238 valence electrons. The number of carbonyl (C=O) groups is 2. The lowest BCUT2D eigenvalue weighted by atomic mass is 9.90. The molecule has 0 aliphatic carbocycles. The van der Waals surface area contributed by atoms with Gasteiger partial charge >= 0.3 is 12.4 Å². The minimum atomic E-state index is -5.00. The third-order valence-electron chi connectivity index (χ3n) is 7.56. The van der Waals surface area contributed by atoms with Crippen LogP contribution in [0.3, 0.4) is 0 Å². The van der Waals surface area contributed by atoms with Crippen LogP contribution >= 0.6 is 0 Å². The van der Waals surface area contributed by atoms with E-state index in [1.807, 2.05) is 0 Å². The molecule has 1 atom stereocenters. The van der Waals surface area contributed by atoms with Gasteiger partial charge in [0.1, 0.15) is 40.8 Å². The normalized spacial score (nSPS) is 19.2. The van der Waals surface area contributed by atoms with Gasteiger partial charge in [-0.15, -0.1) is 0 Å². The molecule has 3 heterocycles. The first kappa shape index (κ1) is 31.7. The maximum atomic E-state index is 14.5. The Hall–Kier alpha value is -4.67. The van der Waals surface area contributed by atoms with E-state index < -0.39 is 98.8 Å². The van der Waals surface area contributed by atoms with E-state index in [-0.39, 0.29) is 13.0 Å². The molecule has 2 amide bonds. The van der Waals surface area contributed by atoms with E-state index in [4.69, 9.17) is 0 Å². The van der Waals surface area contributed by atoms with Crippen LogP contribution < -0.4 is 5.32 Å². The van der Waals surface area contributed by atoms with E-state index in [0.717, 1.165) is 11.1 Å². The Morgan fingerprint density at radius 1 is 1.00 bits per heavy atom. The van der Waals surface area contributed by atoms with Crippen molar-refractivity contribution < 1.29 is 54.2 Å². The van der Waals surface area contributed by atoms with Gasteiger partial charge in [0.15, 0.2) is 0 Å². The zero-order valence-corrected chi connectivity index (χ0v) is 22.8. The van der Waals surface area contributed by atoms with Gasteiger partial charge in [0.2, 0.25) is 0 Å². The highest BCUT2D eigenvalue weighted by Crippen LogP contribution is 2.43. The van der Waals surface area contributed by atoms with E-state index in [9.17, 15) is 54.2 Å². The molecule has 45 heavy (non-hydrogen) atoms. The van der Waals surface area contributed by atoms with E-state index in [1.165, 1.54) is 11.9 Å². The molecule has 17 heteroatoms. The molecule has 2 aliphatic heterocycles. The summed E-state index contributed by atoms with van der Waals surface area (Å²) >= 11 is 0. The molecule has 2 aliphatic rings. The summed E-state index contributed by atoms with van der Waals surface area (Å²) in [5.41, 5.74) is -7.73. The van der Waals surface area contributed by atoms with Crippen LogP contribution in [0.15, 0.2) is 54.1 Å². The van der Waals surface area contributed by atoms with Crippen LogP contribution in [0, 0.1) is 17.5 Å². The lowest BCUT2D eigenvalue weighted by molar-refractivity contribution is -0.160. The Morgan fingerprint density at radius 2 is 1.67 bits per heavy atom. The Balaban J connectivity index is 1.57. The van der Waals surface area contributed by atoms with Crippen molar-refractivity contribution in [3.05, 3.63) is 88.3 Å². The average Bonchev–Trinajstić information content (AvgIpc) is 3.34. The summed E-state index contributed by atoms with van der Waals surface area (Å²) in [5.74, 6) is -7.29. The van der Waals surface area contributed by atoms with Gasteiger partial charge in [0.05, 0.1) is 29.0 Å². The fourth-order valence-corrected chi connectivity index (χ4v) is 5.31. The summed E-state index contributed by atoms with van der Waals surface area (Å²) in [6.45, 7) is 0.704. The Labute approximate surface area is 247 Å². The number of alkyl halides is 6. The number of hydrogen-bond donors (Lipinski definition) is 2. The van der Waals surface area contributed by atoms with Gasteiger partial charge in [-0.3, -0.25) is 14.6 Å². The molecule has 2 N–H and O–H groups in total. The first-order valence-electron chi connectivity index (χ1n) is 13.0. The molecule has 2 aromatic carbocycles. The topological polar surface area (TPSA) is 98.7 Å². The highest BCUT2D eigenvalue weighted by atomic mass is 19.4. The van der Waals surface area contributed by atoms with Gasteiger partial charge in [-0.25, -0.2) is 28.1 Å². The number of halogens is 9. The summed E-state index contributed by atoms with van der Waals surface area (Å²) < 4.78 is 123. The van der Waals surface area contributed by atoms with Crippen LogP contribution in [0.25, 0.3) is 11.3 Å². The van der Waals surface area contributed by atoms with E-state index in [2.05, 4.69) is 15.3 Å². The minimum absolute atomic E-state index is 0.101. The predicted octanol–water partition coefficient (Wildman–Crippen LogP) is 6.16. The molecule has 1 fully saturated rings. The van der Waals surface area contributed by atoms with Gasteiger partial charge in [0.25, 0.3) is 11.8 Å². The van der Waals surface area contributed by atoms with Crippen molar-refractivity contribution in [2.45, 2.75) is 44.2 Å². The second-order valence-electron chi connectivity index (χ2n) is 10.4. The largest absolute Gasteiger partial charge is 0.509 e. The summed E-state index contributed by atoms with van der Waals surface area (Å²) in [6, 6.07) is 2.82. The van der Waals surface area contributed by atoms with Crippen molar-refractivity contribution in [1.29, 1.82) is 0 Å². The number of benzene rings is 2. The van der Waals surface area contributed by atoms with Gasteiger partial charge in [0, 0.05) is 29.8 Å². The lowest BCUT2D eigenvalue weighted by Gasteiger charge is -2.46. The van der Waals surface area contributed by atoms with Gasteiger partial charge in [-0.05, 0) is 44.0 Å². The first-order chi connectivity index (χ1) is 20.9. The van der Waals surface area contributed by atoms with Crippen molar-refractivity contribution in [1.82, 2.24) is 20.0 Å². The molecule has 3 aromatic rings. The van der Waals surface area contributed by atoms with Crippen LogP contribution in [-0.2, 0) is 28.5 Å². The molecule has 0 unspecified atom stereocenters. The summed E-state index contributed by atoms with van der Waals surface area (Å²) in [5, 5.41) is 15.4. The Morgan fingerprint density at radius 3 is 2.29 bits per heavy atom. The van der Waals surface area contributed by atoms with Crippen molar-refractivity contribution in [3.8, 4) is 11.3 Å². The quantitative estimate of drug-likeness (QED) is 0.255. The summed E-state index contributed by atoms with van der Waals surface area (Å²) in [6.07, 6.45) is -8.98. The monoisotopic (exact) mass is 645 g/mol. The van der Waals surface area contributed by atoms with Crippen molar-refractivity contribution in [3.63, 3.8) is 0 Å². The SMILES string of the molecule is C[C@]12CCCN1N(Cc1c(F)cc(F)cc1F)C(=O)C(C(=O)Nc1ccc(C(F)(F)F)cc1-c1cc(C(F)(F)F)ncn1)=C2O. The number of rotatable bonds is 5. The number of hydrogen-bond acceptors (Lipinski definition) is 6. The van der Waals surface area contributed by atoms with E-state index in [1.54, 1.807) is 0 Å². The van der Waals surface area contributed by atoms with Gasteiger partial charge < -0.3 is 10.4 Å². The van der Waals surface area contributed by atoms with Crippen molar-refractivity contribution in [2.75, 3.05) is 11.9 Å². The highest BCUT2D eigenvalue weighted by Gasteiger charge is 2.53. The number of aliphatic hydroxyl groups excluding tert-OH is 1. The Kier molecular flexibility index (Phi) is 7.79. The molecule has 5 rings (SSSR count). The summed E-state index contributed by atoms with van der Waals surface area (Å²) in [7, 11) is 0. The van der Waals surface area contributed by atoms with Crippen LogP contribution in [0.2, 0.25) is 0 Å². The number of nitrogens with zero attached hydrogens (tertiary/aromatic N) is 4. The number of aromatic nitrogens is 2. The maximum Gasteiger partial charge on any atom is 0.433 e. The maximum absolute atomic E-state index is 14.5. The number of hydrazine groups is 1. The molecular weight excluding hydrogens is 625 g/mol. The van der Waals surface area contributed by atoms with Crippen LogP contribution in [-0.4, -0.2) is 49.0 Å². The van der Waals surface area contributed by atoms with Gasteiger partial charge in [-0.1, -0.05) is 0 Å². The van der Waals surface area contributed by atoms with Crippen LogP contribution in [0.1, 0.15) is 36.6 Å². The molecule has 8 nitrogen and oxygen atoms in total. The molecule has 1 saturated heterocycles. The second-order valence-corrected chi connectivity index (χ2v) is 10.4. The molecular formula is C28H20F9N5O3. The molecule has 0 radical (unpaired) electrons. The van der Waals surface area contributed by atoms with Gasteiger partial charge in [-0.2, -0.15) is 26.3 Å². The lowest BCUT2D eigenvalue weighted by Crippen LogP contribution is -2.60. The Bertz CT molecular complexity index is 1720. The zero-order chi connectivity index (χ0) is 33.1. The number of aliphatic hydroxyl groups is 1. The number of carbonyl (C=O) groups excluding carboxylic acids is 2. The molecule has 0 spiro atoms. The van der Waals surface area contributed by atoms with Crippen molar-refractivity contribution in [2.24, 2.45) is 0 Å². The first-order valence-corrected chi connectivity index (χ1v) is 13.0. The smallest absolute Gasteiger partial charge is 0.433 e. The molecule has 0 saturated carbocycles. The minimum Gasteiger partial charge on any atom is -0.509 e. The molecule has 1 aromatic heterocycles. The fourth-order valence-electron chi connectivity index (χ4n) is 5.31. The van der Waals surface area contributed by atoms with E-state index >= 15 is 0 Å². The van der Waals surface area contributed by atoms with Crippen molar-refractivity contribution >= 4 is 17.5 Å². The van der Waals surface area contributed by atoms with Crippen LogP contribution in [0.5, 0.6) is 0 Å². The third kappa shape index (κ3) is 5.79. The summed E-state index contributed by atoms with van der Waals surface area (Å²) in [4.78, 5) is 33.9. The number of anilines is 1. The number of amides is 2. The predicted molar refractivity (Wildman–Crippen MR) is 137 cm³/mol. The molecule has 0 bridgehead atoms. The van der Waals surface area contributed by atoms with E-state index in [0.29, 0.717) is 43.1 Å².